The first-order valence-corrected chi connectivity index (χ1v) is 11.2. The molecule has 2 aromatic carbocycles. The zero-order valence-corrected chi connectivity index (χ0v) is 19.9. The van der Waals surface area contributed by atoms with E-state index in [2.05, 4.69) is 19.9 Å². The van der Waals surface area contributed by atoms with Gasteiger partial charge in [0.2, 0.25) is 0 Å². The van der Waals surface area contributed by atoms with Crippen LogP contribution >= 0.6 is 0 Å². The molecule has 0 spiro atoms. The quantitative estimate of drug-likeness (QED) is 0.608. The second-order valence-electron chi connectivity index (χ2n) is 7.94. The molecule has 1 aliphatic heterocycles. The van der Waals surface area contributed by atoms with E-state index in [1.165, 1.54) is 19.1 Å². The van der Waals surface area contributed by atoms with Gasteiger partial charge in [0, 0.05) is 5.69 Å². The van der Waals surface area contributed by atoms with E-state index in [4.69, 9.17) is 15.2 Å². The van der Waals surface area contributed by atoms with Crippen molar-refractivity contribution in [3.63, 3.8) is 0 Å². The predicted octanol–water partition coefficient (Wildman–Crippen LogP) is 4.49. The summed E-state index contributed by atoms with van der Waals surface area (Å²) in [6.07, 6.45) is 2.00. The second kappa shape index (κ2) is 10.7. The van der Waals surface area contributed by atoms with E-state index in [1.54, 1.807) is 24.3 Å². The SMILES string of the molecule is CCC(CC)c1ccc(N2C(N)=C(C#N)C(c3ccccc3)C(C(=O)OC)=C2C(=O)OC)cc1. The molecule has 7 heteroatoms. The summed E-state index contributed by atoms with van der Waals surface area (Å²) in [5.41, 5.74) is 8.91. The summed E-state index contributed by atoms with van der Waals surface area (Å²) >= 11 is 0. The first kappa shape index (κ1) is 24.6. The molecular formula is C27H29N3O4. The molecule has 0 amide bonds. The number of nitriles is 1. The van der Waals surface area contributed by atoms with Crippen molar-refractivity contribution in [2.45, 2.75) is 38.5 Å². The van der Waals surface area contributed by atoms with Gasteiger partial charge in [-0.25, -0.2) is 9.59 Å². The van der Waals surface area contributed by atoms with Gasteiger partial charge in [0.05, 0.1) is 37.4 Å². The molecule has 0 aromatic heterocycles. The van der Waals surface area contributed by atoms with E-state index >= 15 is 0 Å². The van der Waals surface area contributed by atoms with Crippen molar-refractivity contribution >= 4 is 17.6 Å². The van der Waals surface area contributed by atoms with Crippen LogP contribution < -0.4 is 10.6 Å². The van der Waals surface area contributed by atoms with Crippen molar-refractivity contribution in [3.8, 4) is 6.07 Å². The van der Waals surface area contributed by atoms with Gasteiger partial charge in [-0.1, -0.05) is 56.3 Å². The van der Waals surface area contributed by atoms with Gasteiger partial charge >= 0.3 is 11.9 Å². The molecule has 0 fully saturated rings. The highest BCUT2D eigenvalue weighted by Crippen LogP contribution is 2.43. The van der Waals surface area contributed by atoms with E-state index in [9.17, 15) is 14.9 Å². The molecule has 7 nitrogen and oxygen atoms in total. The third kappa shape index (κ3) is 4.40. The van der Waals surface area contributed by atoms with Crippen molar-refractivity contribution < 1.29 is 19.1 Å². The summed E-state index contributed by atoms with van der Waals surface area (Å²) in [6, 6.07) is 18.7. The lowest BCUT2D eigenvalue weighted by Crippen LogP contribution is -2.40. The Hall–Kier alpha value is -4.05. The van der Waals surface area contributed by atoms with Crippen LogP contribution in [0.4, 0.5) is 5.69 Å². The number of esters is 2. The minimum atomic E-state index is -0.882. The highest BCUT2D eigenvalue weighted by molar-refractivity contribution is 6.06. The fourth-order valence-corrected chi connectivity index (χ4v) is 4.44. The molecule has 1 aliphatic rings. The Morgan fingerprint density at radius 3 is 2.09 bits per heavy atom. The Morgan fingerprint density at radius 2 is 1.59 bits per heavy atom. The number of methoxy groups -OCH3 is 2. The highest BCUT2D eigenvalue weighted by Gasteiger charge is 2.42. The van der Waals surface area contributed by atoms with E-state index in [1.807, 2.05) is 30.3 Å². The molecule has 0 radical (unpaired) electrons. The normalized spacial score (nSPS) is 15.9. The van der Waals surface area contributed by atoms with Crippen molar-refractivity contribution in [2.24, 2.45) is 5.73 Å². The van der Waals surface area contributed by atoms with Gasteiger partial charge in [-0.2, -0.15) is 5.26 Å². The lowest BCUT2D eigenvalue weighted by Gasteiger charge is -2.36. The van der Waals surface area contributed by atoms with Crippen LogP contribution in [0.3, 0.4) is 0 Å². The molecule has 3 rings (SSSR count). The van der Waals surface area contributed by atoms with Gasteiger partial charge < -0.3 is 15.2 Å². The number of nitrogens with zero attached hydrogens (tertiary/aromatic N) is 2. The maximum Gasteiger partial charge on any atom is 0.355 e. The Morgan fingerprint density at radius 1 is 1.00 bits per heavy atom. The largest absolute Gasteiger partial charge is 0.466 e. The summed E-state index contributed by atoms with van der Waals surface area (Å²) in [5, 5.41) is 10.1. The molecular weight excluding hydrogens is 430 g/mol. The molecule has 0 aliphatic carbocycles. The molecule has 1 heterocycles. The summed E-state index contributed by atoms with van der Waals surface area (Å²) in [7, 11) is 2.46. The van der Waals surface area contributed by atoms with Crippen LogP contribution in [-0.4, -0.2) is 26.2 Å². The van der Waals surface area contributed by atoms with Gasteiger partial charge in [0.25, 0.3) is 0 Å². The molecule has 2 N–H and O–H groups in total. The van der Waals surface area contributed by atoms with Crippen molar-refractivity contribution in [1.82, 2.24) is 0 Å². The molecule has 0 bridgehead atoms. The third-order valence-electron chi connectivity index (χ3n) is 6.22. The monoisotopic (exact) mass is 459 g/mol. The van der Waals surface area contributed by atoms with Gasteiger partial charge in [0.15, 0.2) is 0 Å². The average molecular weight is 460 g/mol. The van der Waals surface area contributed by atoms with Gasteiger partial charge in [0.1, 0.15) is 11.5 Å². The fourth-order valence-electron chi connectivity index (χ4n) is 4.44. The standard InChI is InChI=1S/C27H29N3O4/c1-5-17(6-2)18-12-14-20(15-13-18)30-24(27(32)34-4)23(26(31)33-3)22(21(16-28)25(30)29)19-10-8-7-9-11-19/h7-15,17,22H,5-6,29H2,1-4H3. The van der Waals surface area contributed by atoms with E-state index in [0.717, 1.165) is 18.4 Å². The van der Waals surface area contributed by atoms with E-state index in [-0.39, 0.29) is 22.7 Å². The molecule has 0 saturated carbocycles. The maximum absolute atomic E-state index is 13.1. The highest BCUT2D eigenvalue weighted by atomic mass is 16.5. The van der Waals surface area contributed by atoms with Crippen molar-refractivity contribution in [2.75, 3.05) is 19.1 Å². The van der Waals surface area contributed by atoms with Gasteiger partial charge in [-0.05, 0) is 42.0 Å². The molecule has 176 valence electrons. The van der Waals surface area contributed by atoms with Crippen LogP contribution in [0.15, 0.2) is 77.3 Å². The number of allylic oxidation sites excluding steroid dienone is 1. The Balaban J connectivity index is 2.30. The zero-order chi connectivity index (χ0) is 24.8. The second-order valence-corrected chi connectivity index (χ2v) is 7.94. The van der Waals surface area contributed by atoms with Crippen LogP contribution in [0.1, 0.15) is 49.7 Å². The van der Waals surface area contributed by atoms with E-state index < -0.39 is 17.9 Å². The smallest absolute Gasteiger partial charge is 0.355 e. The van der Waals surface area contributed by atoms with Gasteiger partial charge in [-0.15, -0.1) is 0 Å². The predicted molar refractivity (Wildman–Crippen MR) is 129 cm³/mol. The number of rotatable bonds is 7. The minimum Gasteiger partial charge on any atom is -0.466 e. The number of benzene rings is 2. The number of carbonyl (C=O) groups is 2. The summed E-state index contributed by atoms with van der Waals surface area (Å²) in [4.78, 5) is 27.5. The summed E-state index contributed by atoms with van der Waals surface area (Å²) in [5.74, 6) is -1.92. The lowest BCUT2D eigenvalue weighted by atomic mass is 9.81. The minimum absolute atomic E-state index is 0.00429. The number of anilines is 1. The number of nitrogens with two attached hydrogens (primary N) is 1. The number of carbonyl (C=O) groups excluding carboxylic acids is 2. The van der Waals surface area contributed by atoms with Crippen LogP contribution in [0.2, 0.25) is 0 Å². The number of hydrogen-bond donors (Lipinski definition) is 1. The number of ether oxygens (including phenoxy) is 2. The fraction of sp³-hybridized carbons (Fsp3) is 0.296. The molecule has 0 saturated heterocycles. The van der Waals surface area contributed by atoms with Crippen LogP contribution in [0.5, 0.6) is 0 Å². The van der Waals surface area contributed by atoms with E-state index in [0.29, 0.717) is 17.2 Å². The summed E-state index contributed by atoms with van der Waals surface area (Å²) in [6.45, 7) is 4.27. The third-order valence-corrected chi connectivity index (χ3v) is 6.22. The molecule has 1 atom stereocenters. The zero-order valence-electron chi connectivity index (χ0n) is 19.9. The first-order chi connectivity index (χ1) is 16.4. The molecule has 34 heavy (non-hydrogen) atoms. The topological polar surface area (TPSA) is 106 Å². The van der Waals surface area contributed by atoms with Crippen LogP contribution in [0.25, 0.3) is 0 Å². The van der Waals surface area contributed by atoms with Crippen LogP contribution in [0, 0.1) is 11.3 Å². The number of hydrogen-bond acceptors (Lipinski definition) is 7. The van der Waals surface area contributed by atoms with Gasteiger partial charge in [-0.3, -0.25) is 4.90 Å². The first-order valence-electron chi connectivity index (χ1n) is 11.2. The van der Waals surface area contributed by atoms with Crippen molar-refractivity contribution in [1.29, 1.82) is 5.26 Å². The Kier molecular flexibility index (Phi) is 7.75. The molecule has 1 unspecified atom stereocenters. The Labute approximate surface area is 200 Å². The Bertz CT molecular complexity index is 1160. The van der Waals surface area contributed by atoms with Crippen LogP contribution in [-0.2, 0) is 19.1 Å². The lowest BCUT2D eigenvalue weighted by molar-refractivity contribution is -0.139. The summed E-state index contributed by atoms with van der Waals surface area (Å²) < 4.78 is 10.1. The molecule has 2 aromatic rings. The maximum atomic E-state index is 13.1. The van der Waals surface area contributed by atoms with Crippen molar-refractivity contribution in [3.05, 3.63) is 88.4 Å². The average Bonchev–Trinajstić information content (AvgIpc) is 2.88.